The summed E-state index contributed by atoms with van der Waals surface area (Å²) in [6.45, 7) is 4.72. The van der Waals surface area contributed by atoms with E-state index in [1.54, 1.807) is 16.5 Å². The topological polar surface area (TPSA) is 101 Å². The van der Waals surface area contributed by atoms with E-state index in [0.29, 0.717) is 31.6 Å². The maximum atomic E-state index is 15.5. The Morgan fingerprint density at radius 3 is 2.76 bits per heavy atom. The standard InChI is InChI=1S/C33H34ClFN4O5S2/c1-3-44-21-16-38(17-21)20-12-28(33-36-14-22(46-33)8-9-31(41)43-2)39(15-20)30(40)11-19-10-25(34)27(13-26(19)35)37-32(42)24-18-45-29-7-5-4-6-23(24)29/h4-7,10,13-14,18,20-21,28H,3,8-9,11-12,15-17H2,1-2H3,(H,37,42)/t20-,28-/m0/s1. The lowest BCUT2D eigenvalue weighted by molar-refractivity contribution is -0.140. The first kappa shape index (κ1) is 32.5. The highest BCUT2D eigenvalue weighted by Crippen LogP contribution is 2.39. The van der Waals surface area contributed by atoms with Crippen LogP contribution in [0.15, 0.2) is 48.0 Å². The number of amides is 2. The van der Waals surface area contributed by atoms with Crippen LogP contribution >= 0.6 is 34.3 Å². The Morgan fingerprint density at radius 1 is 1.17 bits per heavy atom. The minimum absolute atomic E-state index is 0.118. The molecule has 0 spiro atoms. The molecule has 46 heavy (non-hydrogen) atoms. The van der Waals surface area contributed by atoms with E-state index in [1.165, 1.54) is 41.9 Å². The number of hydrogen-bond donors (Lipinski definition) is 1. The predicted molar refractivity (Wildman–Crippen MR) is 177 cm³/mol. The molecule has 0 unspecified atom stereocenters. The number of aromatic nitrogens is 1. The number of nitrogens with zero attached hydrogens (tertiary/aromatic N) is 3. The molecule has 2 amide bonds. The SMILES string of the molecule is CCOC1CN([C@H]2C[C@@H](c3ncc(CCC(=O)OC)s3)N(C(=O)Cc3cc(Cl)c(NC(=O)c4csc5ccccc45)cc3F)C2)C1. The minimum atomic E-state index is -0.628. The lowest BCUT2D eigenvalue weighted by Crippen LogP contribution is -2.57. The van der Waals surface area contributed by atoms with E-state index in [1.807, 2.05) is 31.2 Å². The van der Waals surface area contributed by atoms with Gasteiger partial charge in [0.2, 0.25) is 5.91 Å². The summed E-state index contributed by atoms with van der Waals surface area (Å²) >= 11 is 9.46. The zero-order valence-electron chi connectivity index (χ0n) is 25.5. The average molecular weight is 685 g/mol. The number of esters is 1. The van der Waals surface area contributed by atoms with Gasteiger partial charge in [0.05, 0.1) is 48.4 Å². The smallest absolute Gasteiger partial charge is 0.305 e. The van der Waals surface area contributed by atoms with Crippen molar-refractivity contribution in [1.82, 2.24) is 14.8 Å². The molecule has 2 saturated heterocycles. The molecular weight excluding hydrogens is 651 g/mol. The zero-order chi connectivity index (χ0) is 32.4. The molecule has 242 valence electrons. The average Bonchev–Trinajstić information content (AvgIpc) is 3.78. The number of likely N-dealkylation sites (tertiary alicyclic amines) is 2. The highest BCUT2D eigenvalue weighted by atomic mass is 35.5. The van der Waals surface area contributed by atoms with Crippen LogP contribution in [0.2, 0.25) is 5.02 Å². The fourth-order valence-corrected chi connectivity index (χ4v) is 8.26. The van der Waals surface area contributed by atoms with E-state index in [4.69, 9.17) is 21.1 Å². The molecule has 4 aromatic rings. The van der Waals surface area contributed by atoms with Crippen molar-refractivity contribution in [3.63, 3.8) is 0 Å². The van der Waals surface area contributed by atoms with Crippen molar-refractivity contribution in [2.24, 2.45) is 0 Å². The molecule has 0 saturated carbocycles. The van der Waals surface area contributed by atoms with Crippen LogP contribution in [0.3, 0.4) is 0 Å². The molecule has 2 aliphatic rings. The first-order valence-electron chi connectivity index (χ1n) is 15.2. The molecule has 2 aromatic heterocycles. The van der Waals surface area contributed by atoms with Crippen LogP contribution in [0.25, 0.3) is 10.1 Å². The van der Waals surface area contributed by atoms with Crippen LogP contribution in [-0.4, -0.2) is 78.1 Å². The van der Waals surface area contributed by atoms with Crippen molar-refractivity contribution >= 4 is 67.8 Å². The van der Waals surface area contributed by atoms with Gasteiger partial charge in [-0.15, -0.1) is 22.7 Å². The molecule has 13 heteroatoms. The van der Waals surface area contributed by atoms with Crippen molar-refractivity contribution < 1.29 is 28.2 Å². The third-order valence-electron chi connectivity index (χ3n) is 8.51. The van der Waals surface area contributed by atoms with E-state index in [-0.39, 0.29) is 65.1 Å². The van der Waals surface area contributed by atoms with Gasteiger partial charge in [-0.1, -0.05) is 29.8 Å². The Hall–Kier alpha value is -3.42. The second kappa shape index (κ2) is 14.1. The summed E-state index contributed by atoms with van der Waals surface area (Å²) in [7, 11) is 1.36. The van der Waals surface area contributed by atoms with Gasteiger partial charge in [0.1, 0.15) is 10.8 Å². The van der Waals surface area contributed by atoms with Gasteiger partial charge in [-0.2, -0.15) is 0 Å². The molecule has 6 rings (SSSR count). The van der Waals surface area contributed by atoms with Crippen molar-refractivity contribution in [1.29, 1.82) is 0 Å². The summed E-state index contributed by atoms with van der Waals surface area (Å²) in [4.78, 5) is 48.2. The molecule has 0 aliphatic carbocycles. The fraction of sp³-hybridized carbons (Fsp3) is 0.394. The Morgan fingerprint density at radius 2 is 1.98 bits per heavy atom. The Labute approximate surface area is 279 Å². The second-order valence-corrected chi connectivity index (χ2v) is 13.9. The molecule has 9 nitrogen and oxygen atoms in total. The number of benzene rings is 2. The number of methoxy groups -OCH3 is 1. The third-order valence-corrected chi connectivity index (χ3v) is 10.9. The fourth-order valence-electron chi connectivity index (χ4n) is 6.04. The quantitative estimate of drug-likeness (QED) is 0.190. The van der Waals surface area contributed by atoms with Crippen LogP contribution in [0, 0.1) is 5.82 Å². The summed E-state index contributed by atoms with van der Waals surface area (Å²) in [6.07, 6.45) is 3.19. The lowest BCUT2D eigenvalue weighted by Gasteiger charge is -2.42. The van der Waals surface area contributed by atoms with Gasteiger partial charge in [-0.3, -0.25) is 19.3 Å². The van der Waals surface area contributed by atoms with Crippen LogP contribution < -0.4 is 5.32 Å². The normalized spacial score (nSPS) is 18.6. The molecule has 2 aromatic carbocycles. The van der Waals surface area contributed by atoms with Gasteiger partial charge < -0.3 is 19.7 Å². The van der Waals surface area contributed by atoms with Crippen LogP contribution in [0.4, 0.5) is 10.1 Å². The molecule has 1 N–H and O–H groups in total. The maximum absolute atomic E-state index is 15.5. The molecule has 0 radical (unpaired) electrons. The van der Waals surface area contributed by atoms with Gasteiger partial charge in [-0.25, -0.2) is 9.37 Å². The van der Waals surface area contributed by atoms with Crippen LogP contribution in [0.1, 0.15) is 51.6 Å². The Balaban J connectivity index is 1.17. The van der Waals surface area contributed by atoms with Gasteiger partial charge >= 0.3 is 5.97 Å². The Kier molecular flexibility index (Phi) is 10.00. The first-order valence-corrected chi connectivity index (χ1v) is 17.2. The van der Waals surface area contributed by atoms with E-state index < -0.39 is 5.82 Å². The van der Waals surface area contributed by atoms with Crippen molar-refractivity contribution in [3.8, 4) is 0 Å². The summed E-state index contributed by atoms with van der Waals surface area (Å²) < 4.78 is 26.9. The summed E-state index contributed by atoms with van der Waals surface area (Å²) in [5.74, 6) is -1.55. The van der Waals surface area contributed by atoms with E-state index >= 15 is 4.39 Å². The number of carbonyl (C=O) groups excluding carboxylic acids is 3. The van der Waals surface area contributed by atoms with Crippen molar-refractivity contribution in [2.45, 2.75) is 50.8 Å². The number of aryl methyl sites for hydroxylation is 1. The number of rotatable bonds is 11. The molecule has 2 aliphatic heterocycles. The molecule has 2 fully saturated rings. The number of hydrogen-bond acceptors (Lipinski definition) is 9. The second-order valence-electron chi connectivity index (χ2n) is 11.4. The molecule has 0 bridgehead atoms. The lowest BCUT2D eigenvalue weighted by atomic mass is 10.1. The number of nitrogens with one attached hydrogen (secondary N) is 1. The van der Waals surface area contributed by atoms with Crippen LogP contribution in [0.5, 0.6) is 0 Å². The predicted octanol–water partition coefficient (Wildman–Crippen LogP) is 6.11. The van der Waals surface area contributed by atoms with E-state index in [2.05, 4.69) is 15.2 Å². The number of fused-ring (bicyclic) bond motifs is 1. The maximum Gasteiger partial charge on any atom is 0.305 e. The molecular formula is C33H34ClFN4O5S2. The van der Waals surface area contributed by atoms with Gasteiger partial charge in [-0.05, 0) is 43.5 Å². The highest BCUT2D eigenvalue weighted by Gasteiger charge is 2.43. The van der Waals surface area contributed by atoms with Crippen molar-refractivity contribution in [2.75, 3.05) is 38.7 Å². The first-order chi connectivity index (χ1) is 22.2. The van der Waals surface area contributed by atoms with Crippen LogP contribution in [-0.2, 0) is 31.9 Å². The summed E-state index contributed by atoms with van der Waals surface area (Å²) in [5.41, 5.74) is 0.768. The highest BCUT2D eigenvalue weighted by molar-refractivity contribution is 7.17. The number of anilines is 1. The van der Waals surface area contributed by atoms with E-state index in [9.17, 15) is 14.4 Å². The summed E-state index contributed by atoms with van der Waals surface area (Å²) in [5, 5.41) is 6.23. The number of ether oxygens (including phenoxy) is 2. The largest absolute Gasteiger partial charge is 0.469 e. The number of thiazole rings is 1. The number of halogens is 2. The zero-order valence-corrected chi connectivity index (χ0v) is 27.9. The third kappa shape index (κ3) is 6.96. The van der Waals surface area contributed by atoms with Crippen molar-refractivity contribution in [3.05, 3.63) is 79.8 Å². The number of carbonyl (C=O) groups is 3. The molecule has 4 heterocycles. The van der Waals surface area contributed by atoms with Gasteiger partial charge in [0, 0.05) is 58.8 Å². The van der Waals surface area contributed by atoms with Gasteiger partial charge in [0.25, 0.3) is 5.91 Å². The monoisotopic (exact) mass is 684 g/mol. The van der Waals surface area contributed by atoms with Gasteiger partial charge in [0.15, 0.2) is 0 Å². The number of thiophene rings is 1. The summed E-state index contributed by atoms with van der Waals surface area (Å²) in [6, 6.07) is 9.98. The molecule has 2 atom stereocenters. The minimum Gasteiger partial charge on any atom is -0.469 e. The Bertz CT molecular complexity index is 1760. The van der Waals surface area contributed by atoms with E-state index in [0.717, 1.165) is 33.1 Å².